The van der Waals surface area contributed by atoms with E-state index < -0.39 is 10.0 Å². The van der Waals surface area contributed by atoms with Crippen LogP contribution < -0.4 is 18.9 Å². The van der Waals surface area contributed by atoms with Gasteiger partial charge in [-0.15, -0.1) is 0 Å². The van der Waals surface area contributed by atoms with Crippen LogP contribution in [-0.4, -0.2) is 36.0 Å². The Balaban J connectivity index is 3.07. The van der Waals surface area contributed by atoms with E-state index in [4.69, 9.17) is 14.2 Å². The van der Waals surface area contributed by atoms with Crippen LogP contribution in [0.5, 0.6) is 17.2 Å². The Kier molecular flexibility index (Phi) is 4.80. The first-order valence-corrected chi connectivity index (χ1v) is 7.04. The van der Waals surface area contributed by atoms with Crippen LogP contribution >= 0.6 is 0 Å². The highest BCUT2D eigenvalue weighted by Gasteiger charge is 2.13. The summed E-state index contributed by atoms with van der Waals surface area (Å²) in [6, 6.07) is 3.39. The number of methoxy groups -OCH3 is 3. The summed E-state index contributed by atoms with van der Waals surface area (Å²) in [7, 11) is 1.28. The molecule has 0 saturated carbocycles. The Morgan fingerprint density at radius 2 is 1.56 bits per heavy atom. The lowest BCUT2D eigenvalue weighted by molar-refractivity contribution is 0.323. The third-order valence-corrected chi connectivity index (χ3v) is 2.93. The standard InChI is InChI=1S/C11H17NO5S/c1-15-9-5-8(7-12-18(4,13)14)6-10(16-2)11(9)17-3/h5-6,12H,7H2,1-4H3. The molecule has 0 aliphatic rings. The first kappa shape index (κ1) is 14.6. The number of hydrogen-bond acceptors (Lipinski definition) is 5. The van der Waals surface area contributed by atoms with Gasteiger partial charge in [-0.2, -0.15) is 0 Å². The summed E-state index contributed by atoms with van der Waals surface area (Å²) in [5, 5.41) is 0. The maximum atomic E-state index is 11.0. The molecule has 0 radical (unpaired) electrons. The average molecular weight is 275 g/mol. The normalized spacial score (nSPS) is 11.1. The maximum absolute atomic E-state index is 11.0. The fourth-order valence-electron chi connectivity index (χ4n) is 1.45. The number of benzene rings is 1. The van der Waals surface area contributed by atoms with Crippen molar-refractivity contribution in [3.05, 3.63) is 17.7 Å². The van der Waals surface area contributed by atoms with Gasteiger partial charge in [0.05, 0.1) is 27.6 Å². The molecule has 0 amide bonds. The third-order valence-electron chi connectivity index (χ3n) is 2.26. The van der Waals surface area contributed by atoms with Crippen molar-refractivity contribution in [2.45, 2.75) is 6.54 Å². The molecule has 0 saturated heterocycles. The van der Waals surface area contributed by atoms with Crippen LogP contribution in [0.25, 0.3) is 0 Å². The fraction of sp³-hybridized carbons (Fsp3) is 0.455. The molecule has 1 aromatic rings. The van der Waals surface area contributed by atoms with Crippen molar-refractivity contribution in [1.82, 2.24) is 4.72 Å². The number of rotatable bonds is 6. The predicted molar refractivity (Wildman–Crippen MR) is 67.8 cm³/mol. The van der Waals surface area contributed by atoms with Crippen molar-refractivity contribution in [2.75, 3.05) is 27.6 Å². The summed E-state index contributed by atoms with van der Waals surface area (Å²) < 4.78 is 40.0. The van der Waals surface area contributed by atoms with Crippen LogP contribution in [0.15, 0.2) is 12.1 Å². The molecule has 7 heteroatoms. The second kappa shape index (κ2) is 5.92. The minimum atomic E-state index is -3.24. The summed E-state index contributed by atoms with van der Waals surface area (Å²) in [5.41, 5.74) is 0.718. The molecule has 1 rings (SSSR count). The van der Waals surface area contributed by atoms with Gasteiger partial charge in [-0.05, 0) is 17.7 Å². The summed E-state index contributed by atoms with van der Waals surface area (Å²) in [6.07, 6.45) is 1.10. The van der Waals surface area contributed by atoms with Crippen LogP contribution in [0.2, 0.25) is 0 Å². The van der Waals surface area contributed by atoms with Crippen molar-refractivity contribution in [3.8, 4) is 17.2 Å². The molecule has 0 fully saturated rings. The molecule has 0 bridgehead atoms. The zero-order valence-corrected chi connectivity index (χ0v) is 11.6. The Labute approximate surface area is 107 Å². The largest absolute Gasteiger partial charge is 0.493 e. The van der Waals surface area contributed by atoms with Crippen molar-refractivity contribution in [1.29, 1.82) is 0 Å². The SMILES string of the molecule is COc1cc(CNS(C)(=O)=O)cc(OC)c1OC. The average Bonchev–Trinajstić information content (AvgIpc) is 2.33. The summed E-state index contributed by atoms with van der Waals surface area (Å²) >= 11 is 0. The van der Waals surface area contributed by atoms with E-state index in [-0.39, 0.29) is 6.54 Å². The zero-order valence-electron chi connectivity index (χ0n) is 10.8. The number of hydrogen-bond donors (Lipinski definition) is 1. The quantitative estimate of drug-likeness (QED) is 0.829. The van der Waals surface area contributed by atoms with Crippen LogP contribution in [-0.2, 0) is 16.6 Å². The van der Waals surface area contributed by atoms with Gasteiger partial charge in [-0.1, -0.05) is 0 Å². The lowest BCUT2D eigenvalue weighted by Crippen LogP contribution is -2.21. The van der Waals surface area contributed by atoms with E-state index in [1.54, 1.807) is 12.1 Å². The highest BCUT2D eigenvalue weighted by atomic mass is 32.2. The summed E-state index contributed by atoms with van der Waals surface area (Å²) in [6.45, 7) is 0.162. The molecule has 0 unspecified atom stereocenters. The Bertz CT molecular complexity index is 487. The minimum Gasteiger partial charge on any atom is -0.493 e. The van der Waals surface area contributed by atoms with Gasteiger partial charge in [-0.25, -0.2) is 13.1 Å². The van der Waals surface area contributed by atoms with Gasteiger partial charge in [0.2, 0.25) is 15.8 Å². The van der Waals surface area contributed by atoms with Crippen molar-refractivity contribution in [2.24, 2.45) is 0 Å². The number of nitrogens with one attached hydrogen (secondary N) is 1. The molecular formula is C11H17NO5S. The van der Waals surface area contributed by atoms with Crippen molar-refractivity contribution < 1.29 is 22.6 Å². The minimum absolute atomic E-state index is 0.162. The van der Waals surface area contributed by atoms with E-state index >= 15 is 0 Å². The molecule has 0 aliphatic heterocycles. The molecule has 0 spiro atoms. The topological polar surface area (TPSA) is 73.9 Å². The molecule has 6 nitrogen and oxygen atoms in total. The van der Waals surface area contributed by atoms with Crippen molar-refractivity contribution in [3.63, 3.8) is 0 Å². The molecule has 102 valence electrons. The van der Waals surface area contributed by atoms with E-state index in [1.165, 1.54) is 21.3 Å². The van der Waals surface area contributed by atoms with Gasteiger partial charge in [0, 0.05) is 6.54 Å². The lowest BCUT2D eigenvalue weighted by atomic mass is 10.2. The third kappa shape index (κ3) is 3.78. The maximum Gasteiger partial charge on any atom is 0.209 e. The Hall–Kier alpha value is -1.47. The smallest absolute Gasteiger partial charge is 0.209 e. The Morgan fingerprint density at radius 3 is 1.89 bits per heavy atom. The summed E-state index contributed by atoms with van der Waals surface area (Å²) in [5.74, 6) is 1.45. The van der Waals surface area contributed by atoms with Gasteiger partial charge in [-0.3, -0.25) is 0 Å². The second-order valence-electron chi connectivity index (χ2n) is 3.63. The number of ether oxygens (including phenoxy) is 3. The zero-order chi connectivity index (χ0) is 13.8. The van der Waals surface area contributed by atoms with Crippen LogP contribution in [0, 0.1) is 0 Å². The van der Waals surface area contributed by atoms with Gasteiger partial charge in [0.25, 0.3) is 0 Å². The Morgan fingerprint density at radius 1 is 1.06 bits per heavy atom. The van der Waals surface area contributed by atoms with Gasteiger partial charge in [0.1, 0.15) is 0 Å². The lowest BCUT2D eigenvalue weighted by Gasteiger charge is -2.14. The van der Waals surface area contributed by atoms with E-state index in [9.17, 15) is 8.42 Å². The van der Waals surface area contributed by atoms with E-state index in [0.717, 1.165) is 11.8 Å². The molecule has 0 aliphatic carbocycles. The van der Waals surface area contributed by atoms with E-state index in [0.29, 0.717) is 17.2 Å². The summed E-state index contributed by atoms with van der Waals surface area (Å²) in [4.78, 5) is 0. The molecule has 1 N–H and O–H groups in total. The molecule has 0 heterocycles. The van der Waals surface area contributed by atoms with E-state index in [2.05, 4.69) is 4.72 Å². The van der Waals surface area contributed by atoms with Crippen molar-refractivity contribution >= 4 is 10.0 Å². The molecule has 0 aromatic heterocycles. The van der Waals surface area contributed by atoms with Gasteiger partial charge in [0.15, 0.2) is 11.5 Å². The molecular weight excluding hydrogens is 258 g/mol. The highest BCUT2D eigenvalue weighted by molar-refractivity contribution is 7.88. The van der Waals surface area contributed by atoms with E-state index in [1.807, 2.05) is 0 Å². The number of sulfonamides is 1. The fourth-order valence-corrected chi connectivity index (χ4v) is 1.88. The van der Waals surface area contributed by atoms with Crippen LogP contribution in [0.4, 0.5) is 0 Å². The first-order valence-electron chi connectivity index (χ1n) is 5.14. The highest BCUT2D eigenvalue weighted by Crippen LogP contribution is 2.38. The van der Waals surface area contributed by atoms with Crippen LogP contribution in [0.3, 0.4) is 0 Å². The van der Waals surface area contributed by atoms with Gasteiger partial charge >= 0.3 is 0 Å². The molecule has 18 heavy (non-hydrogen) atoms. The monoisotopic (exact) mass is 275 g/mol. The van der Waals surface area contributed by atoms with Crippen LogP contribution in [0.1, 0.15) is 5.56 Å². The predicted octanol–water partition coefficient (Wildman–Crippen LogP) is 0.762. The van der Waals surface area contributed by atoms with Gasteiger partial charge < -0.3 is 14.2 Å². The second-order valence-corrected chi connectivity index (χ2v) is 5.46. The molecule has 0 atom stereocenters. The first-order chi connectivity index (χ1) is 8.41. The molecule has 1 aromatic carbocycles.